The normalized spacial score (nSPS) is 11.7. The van der Waals surface area contributed by atoms with Gasteiger partial charge in [-0.05, 0) is 49.7 Å². The van der Waals surface area contributed by atoms with Gasteiger partial charge in [0.2, 0.25) is 0 Å². The lowest BCUT2D eigenvalue weighted by atomic mass is 10.1. The molecule has 2 nitrogen and oxygen atoms in total. The number of hydrogen-bond donors (Lipinski definition) is 2. The first-order valence-corrected chi connectivity index (χ1v) is 6.53. The molecule has 0 heterocycles. The van der Waals surface area contributed by atoms with Crippen molar-refractivity contribution in [1.29, 1.82) is 0 Å². The topological polar surface area (TPSA) is 40.5 Å². The van der Waals surface area contributed by atoms with Crippen molar-refractivity contribution in [2.75, 3.05) is 6.61 Å². The first-order valence-electron chi connectivity index (χ1n) is 6.53. The van der Waals surface area contributed by atoms with Crippen LogP contribution in [-0.4, -0.2) is 22.9 Å². The number of aliphatic hydroxyl groups excluding tert-OH is 2. The number of aliphatic hydroxyl groups is 2. The molecular formula is C17H22O2. The third-order valence-electron chi connectivity index (χ3n) is 2.26. The molecule has 0 saturated carbocycles. The fourth-order valence-electron chi connectivity index (χ4n) is 1.30. The molecule has 0 rings (SSSR count). The van der Waals surface area contributed by atoms with Crippen molar-refractivity contribution in [3.8, 4) is 23.7 Å². The molecule has 0 saturated heterocycles. The van der Waals surface area contributed by atoms with Crippen LogP contribution in [0.5, 0.6) is 0 Å². The van der Waals surface area contributed by atoms with Gasteiger partial charge in [0, 0.05) is 0 Å². The second kappa shape index (κ2) is 14.3. The van der Waals surface area contributed by atoms with E-state index >= 15 is 0 Å². The van der Waals surface area contributed by atoms with E-state index in [0.29, 0.717) is 0 Å². The van der Waals surface area contributed by atoms with Gasteiger partial charge in [-0.25, -0.2) is 0 Å². The van der Waals surface area contributed by atoms with Crippen LogP contribution in [0.15, 0.2) is 37.0 Å². The zero-order valence-electron chi connectivity index (χ0n) is 11.3. The van der Waals surface area contributed by atoms with Gasteiger partial charge in [0.05, 0.1) is 6.61 Å². The summed E-state index contributed by atoms with van der Waals surface area (Å²) in [5, 5.41) is 17.9. The fourth-order valence-corrected chi connectivity index (χ4v) is 1.30. The number of unbranched alkanes of at least 4 members (excludes halogenated alkanes) is 4. The molecule has 2 N–H and O–H groups in total. The highest BCUT2D eigenvalue weighted by Crippen LogP contribution is 2.04. The molecule has 0 aliphatic heterocycles. The Hall–Kier alpha value is -1.74. The fraction of sp³-hybridized carbons (Fsp3) is 0.412. The summed E-state index contributed by atoms with van der Waals surface area (Å²) in [5.74, 6) is 10.4. The molecule has 0 spiro atoms. The van der Waals surface area contributed by atoms with Crippen molar-refractivity contribution >= 4 is 0 Å². The van der Waals surface area contributed by atoms with E-state index in [0.717, 1.165) is 19.3 Å². The van der Waals surface area contributed by atoms with Crippen LogP contribution in [0.1, 0.15) is 32.1 Å². The minimum atomic E-state index is -0.760. The molecule has 0 aliphatic rings. The number of rotatable bonds is 8. The summed E-state index contributed by atoms with van der Waals surface area (Å²) < 4.78 is 0. The summed E-state index contributed by atoms with van der Waals surface area (Å²) in [5.41, 5.74) is 0. The molecule has 0 bridgehead atoms. The lowest BCUT2D eigenvalue weighted by molar-refractivity contribution is 0.280. The van der Waals surface area contributed by atoms with Crippen LogP contribution in [0.25, 0.3) is 0 Å². The average molecular weight is 258 g/mol. The molecule has 2 heteroatoms. The van der Waals surface area contributed by atoms with Crippen molar-refractivity contribution in [2.45, 2.75) is 38.2 Å². The standard InChI is InChI=1S/C17H22O2/c1-2-3-4-5-6-8-11-14-17(19)15-12-9-7-10-13-16-18/h2,10-11,13-14,17-19H,1,3-6,8,16H2/b13-10+,14-11-/t17-/m1/s1. The predicted octanol–water partition coefficient (Wildman–Crippen LogP) is 2.60. The van der Waals surface area contributed by atoms with Crippen molar-refractivity contribution in [3.63, 3.8) is 0 Å². The maximum atomic E-state index is 9.49. The maximum absolute atomic E-state index is 9.49. The lowest BCUT2D eigenvalue weighted by Crippen LogP contribution is -1.96. The maximum Gasteiger partial charge on any atom is 0.134 e. The molecule has 0 unspecified atom stereocenters. The van der Waals surface area contributed by atoms with Gasteiger partial charge in [-0.1, -0.05) is 36.5 Å². The summed E-state index contributed by atoms with van der Waals surface area (Å²) in [6.45, 7) is 3.65. The lowest BCUT2D eigenvalue weighted by Gasteiger charge is -1.95. The van der Waals surface area contributed by atoms with Crippen LogP contribution in [0.3, 0.4) is 0 Å². The van der Waals surface area contributed by atoms with Crippen molar-refractivity contribution in [3.05, 3.63) is 37.0 Å². The van der Waals surface area contributed by atoms with Crippen molar-refractivity contribution < 1.29 is 10.2 Å². The summed E-state index contributed by atoms with van der Waals surface area (Å²) in [4.78, 5) is 0. The smallest absolute Gasteiger partial charge is 0.134 e. The second-order valence-electron chi connectivity index (χ2n) is 3.92. The van der Waals surface area contributed by atoms with Crippen molar-refractivity contribution in [1.82, 2.24) is 0 Å². The molecule has 0 aliphatic carbocycles. The first kappa shape index (κ1) is 17.3. The van der Waals surface area contributed by atoms with E-state index in [1.807, 2.05) is 12.2 Å². The Labute approximate surface area is 116 Å². The molecule has 102 valence electrons. The summed E-state index contributed by atoms with van der Waals surface area (Å²) in [6, 6.07) is 0. The van der Waals surface area contributed by atoms with Gasteiger partial charge in [0.25, 0.3) is 0 Å². The van der Waals surface area contributed by atoms with Gasteiger partial charge < -0.3 is 10.2 Å². The minimum absolute atomic E-state index is 0.0275. The van der Waals surface area contributed by atoms with E-state index in [2.05, 4.69) is 30.3 Å². The molecule has 1 atom stereocenters. The third kappa shape index (κ3) is 14.2. The highest BCUT2D eigenvalue weighted by Gasteiger charge is 1.90. The molecule has 0 aromatic carbocycles. The predicted molar refractivity (Wildman–Crippen MR) is 80.2 cm³/mol. The van der Waals surface area contributed by atoms with Crippen LogP contribution in [0.2, 0.25) is 0 Å². The zero-order valence-corrected chi connectivity index (χ0v) is 11.3. The van der Waals surface area contributed by atoms with E-state index < -0.39 is 6.10 Å². The van der Waals surface area contributed by atoms with E-state index in [-0.39, 0.29) is 6.61 Å². The Bertz CT molecular complexity index is 396. The molecule has 19 heavy (non-hydrogen) atoms. The third-order valence-corrected chi connectivity index (χ3v) is 2.26. The monoisotopic (exact) mass is 258 g/mol. The van der Waals surface area contributed by atoms with Crippen molar-refractivity contribution in [2.24, 2.45) is 0 Å². The minimum Gasteiger partial charge on any atom is -0.392 e. The SMILES string of the molecule is C=CCCCCC/C=C\[C@@H](O)C#CC#C/C=C/CO. The van der Waals surface area contributed by atoms with E-state index in [9.17, 15) is 5.11 Å². The molecule has 0 fully saturated rings. The van der Waals surface area contributed by atoms with E-state index in [4.69, 9.17) is 5.11 Å². The zero-order chi connectivity index (χ0) is 14.2. The quantitative estimate of drug-likeness (QED) is 0.399. The average Bonchev–Trinajstić information content (AvgIpc) is 2.41. The van der Waals surface area contributed by atoms with Crippen LogP contribution < -0.4 is 0 Å². The number of allylic oxidation sites excluding steroid dienone is 3. The Morgan fingerprint density at radius 2 is 1.84 bits per heavy atom. The molecule has 0 aromatic rings. The second-order valence-corrected chi connectivity index (χ2v) is 3.92. The Morgan fingerprint density at radius 1 is 1.05 bits per heavy atom. The molecule has 0 amide bonds. The molecular weight excluding hydrogens is 236 g/mol. The largest absolute Gasteiger partial charge is 0.392 e. The summed E-state index contributed by atoms with van der Waals surface area (Å²) in [6.07, 6.45) is 13.4. The van der Waals surface area contributed by atoms with Crippen LogP contribution in [0.4, 0.5) is 0 Å². The van der Waals surface area contributed by atoms with E-state index in [1.165, 1.54) is 25.0 Å². The first-order chi connectivity index (χ1) is 9.31. The van der Waals surface area contributed by atoms with Gasteiger partial charge in [-0.3, -0.25) is 0 Å². The van der Waals surface area contributed by atoms with Gasteiger partial charge in [-0.2, -0.15) is 0 Å². The van der Waals surface area contributed by atoms with Gasteiger partial charge in [-0.15, -0.1) is 6.58 Å². The Balaban J connectivity index is 3.74. The molecule has 0 radical (unpaired) electrons. The highest BCUT2D eigenvalue weighted by atomic mass is 16.3. The van der Waals surface area contributed by atoms with E-state index in [1.54, 1.807) is 6.08 Å². The number of hydrogen-bond acceptors (Lipinski definition) is 2. The highest BCUT2D eigenvalue weighted by molar-refractivity contribution is 5.32. The molecule has 0 aromatic heterocycles. The van der Waals surface area contributed by atoms with Gasteiger partial charge in [0.1, 0.15) is 6.10 Å². The Morgan fingerprint density at radius 3 is 2.58 bits per heavy atom. The Kier molecular flexibility index (Phi) is 13.0. The van der Waals surface area contributed by atoms with Gasteiger partial charge >= 0.3 is 0 Å². The summed E-state index contributed by atoms with van der Waals surface area (Å²) >= 11 is 0. The van der Waals surface area contributed by atoms with Crippen LogP contribution in [0, 0.1) is 23.7 Å². The van der Waals surface area contributed by atoms with Gasteiger partial charge in [0.15, 0.2) is 0 Å². The van der Waals surface area contributed by atoms with Crippen LogP contribution >= 0.6 is 0 Å². The summed E-state index contributed by atoms with van der Waals surface area (Å²) in [7, 11) is 0. The van der Waals surface area contributed by atoms with Crippen LogP contribution in [-0.2, 0) is 0 Å².